The van der Waals surface area contributed by atoms with E-state index in [4.69, 9.17) is 13.8 Å². The first kappa shape index (κ1) is 38.6. The van der Waals surface area contributed by atoms with Gasteiger partial charge in [-0.2, -0.15) is 0 Å². The third-order valence-electron chi connectivity index (χ3n) is 14.4. The maximum absolute atomic E-state index is 6.57. The fraction of sp³-hybridized carbons (Fsp3) is 0. The number of hydrogen-bond acceptors (Lipinski definition) is 3. The van der Waals surface area contributed by atoms with Gasteiger partial charge in [-0.3, -0.25) is 4.98 Å². The van der Waals surface area contributed by atoms with Gasteiger partial charge >= 0.3 is 0 Å². The Morgan fingerprint density at radius 2 is 0.643 bits per heavy atom. The van der Waals surface area contributed by atoms with Crippen LogP contribution < -0.4 is 0 Å². The smallest absolute Gasteiger partial charge is 0.145 e. The van der Waals surface area contributed by atoms with E-state index < -0.39 is 0 Å². The summed E-state index contributed by atoms with van der Waals surface area (Å²) in [4.78, 5) is 4.80. The van der Waals surface area contributed by atoms with Crippen LogP contribution in [0.25, 0.3) is 143 Å². The first-order valence-corrected chi connectivity index (χ1v) is 23.7. The molecule has 0 aliphatic carbocycles. The van der Waals surface area contributed by atoms with Crippen LogP contribution in [0.5, 0.6) is 0 Å². The second-order valence-corrected chi connectivity index (χ2v) is 18.3. The Morgan fingerprint density at radius 3 is 1.11 bits per heavy atom. The molecule has 0 aliphatic rings. The van der Waals surface area contributed by atoms with Crippen molar-refractivity contribution in [2.75, 3.05) is 0 Å². The van der Waals surface area contributed by atoms with E-state index in [1.165, 1.54) is 10.8 Å². The molecule has 0 radical (unpaired) electrons. The normalized spacial score (nSPS) is 12.0. The van der Waals surface area contributed by atoms with Crippen LogP contribution in [0.4, 0.5) is 0 Å². The minimum Gasteiger partial charge on any atom is -0.455 e. The first-order chi connectivity index (χ1) is 34.7. The van der Waals surface area contributed by atoms with Gasteiger partial charge in [0.05, 0.1) is 32.8 Å². The van der Waals surface area contributed by atoms with Crippen molar-refractivity contribution in [3.63, 3.8) is 0 Å². The van der Waals surface area contributed by atoms with Crippen LogP contribution in [-0.4, -0.2) is 14.1 Å². The van der Waals surface area contributed by atoms with Crippen molar-refractivity contribution in [3.8, 4) is 55.9 Å². The summed E-state index contributed by atoms with van der Waals surface area (Å²) < 4.78 is 17.9. The summed E-state index contributed by atoms with van der Waals surface area (Å²) in [6, 6.07) is 80.3. The number of nitrogens with zero attached hydrogens (tertiary/aromatic N) is 3. The highest BCUT2D eigenvalue weighted by molar-refractivity contribution is 6.25. The zero-order valence-electron chi connectivity index (χ0n) is 37.7. The van der Waals surface area contributed by atoms with Crippen LogP contribution in [0.1, 0.15) is 0 Å². The molecule has 0 amide bonds. The standard InChI is InChI=1S/C65H39N3O2/c1-5-25-56-54(23-1)62-58(31-29-52-50-21-3-7-27-60(50)69-64(52)62)67(56)48-19-11-17-44(36-48)40-13-9-15-42(33-40)46-35-47(39-66-38-46)43-16-10-14-41(34-43)45-18-12-20-49(37-45)68-57-26-6-2-24-55(57)63-59(68)32-30-53-51-22-4-8-28-61(51)70-65(53)63/h1-39H. The molecule has 326 valence electrons. The van der Waals surface area contributed by atoms with E-state index in [0.717, 1.165) is 133 Å². The van der Waals surface area contributed by atoms with Gasteiger partial charge in [0, 0.05) is 67.2 Å². The van der Waals surface area contributed by atoms with E-state index in [-0.39, 0.29) is 0 Å². The lowest BCUT2D eigenvalue weighted by Gasteiger charge is -2.12. The van der Waals surface area contributed by atoms with Crippen LogP contribution in [0, 0.1) is 0 Å². The summed E-state index contributed by atoms with van der Waals surface area (Å²) in [5.74, 6) is 0. The molecular formula is C65H39N3O2. The minimum absolute atomic E-state index is 0.905. The fourth-order valence-electron chi connectivity index (χ4n) is 11.2. The lowest BCUT2D eigenvalue weighted by molar-refractivity contribution is 0.672. The molecule has 10 aromatic carbocycles. The number of furan rings is 2. The van der Waals surface area contributed by atoms with Gasteiger partial charge in [-0.25, -0.2) is 0 Å². The third kappa shape index (κ3) is 5.82. The van der Waals surface area contributed by atoms with Crippen molar-refractivity contribution in [2.24, 2.45) is 0 Å². The van der Waals surface area contributed by atoms with Crippen molar-refractivity contribution < 1.29 is 8.83 Å². The molecule has 15 aromatic rings. The van der Waals surface area contributed by atoms with Crippen molar-refractivity contribution in [1.82, 2.24) is 14.1 Å². The second-order valence-electron chi connectivity index (χ2n) is 18.3. The molecule has 0 bridgehead atoms. The van der Waals surface area contributed by atoms with Crippen LogP contribution in [-0.2, 0) is 0 Å². The number of para-hydroxylation sites is 4. The molecule has 0 saturated heterocycles. The molecule has 5 aromatic heterocycles. The average Bonchev–Trinajstić information content (AvgIpc) is 4.19. The lowest BCUT2D eigenvalue weighted by Crippen LogP contribution is -1.94. The molecule has 0 unspecified atom stereocenters. The van der Waals surface area contributed by atoms with Gasteiger partial charge in [0.1, 0.15) is 22.3 Å². The molecule has 0 spiro atoms. The number of fused-ring (bicyclic) bond motifs is 14. The number of benzene rings is 10. The van der Waals surface area contributed by atoms with Crippen molar-refractivity contribution in [2.45, 2.75) is 0 Å². The molecule has 0 N–H and O–H groups in total. The van der Waals surface area contributed by atoms with E-state index >= 15 is 0 Å². The Hall–Kier alpha value is -9.45. The maximum atomic E-state index is 6.57. The third-order valence-corrected chi connectivity index (χ3v) is 14.4. The molecule has 0 aliphatic heterocycles. The summed E-state index contributed by atoms with van der Waals surface area (Å²) in [5, 5.41) is 9.15. The Kier molecular flexibility index (Phi) is 8.29. The monoisotopic (exact) mass is 893 g/mol. The average molecular weight is 894 g/mol. The highest BCUT2D eigenvalue weighted by Gasteiger charge is 2.21. The zero-order chi connectivity index (χ0) is 45.9. The summed E-state index contributed by atoms with van der Waals surface area (Å²) in [6.07, 6.45) is 3.93. The quantitative estimate of drug-likeness (QED) is 0.167. The van der Waals surface area contributed by atoms with Crippen LogP contribution in [0.3, 0.4) is 0 Å². The van der Waals surface area contributed by atoms with Gasteiger partial charge < -0.3 is 18.0 Å². The van der Waals surface area contributed by atoms with Crippen molar-refractivity contribution >= 4 is 87.5 Å². The van der Waals surface area contributed by atoms with Gasteiger partial charge in [-0.05, 0) is 124 Å². The highest BCUT2D eigenvalue weighted by Crippen LogP contribution is 2.43. The second kappa shape index (κ2) is 15.0. The summed E-state index contributed by atoms with van der Waals surface area (Å²) in [5.41, 5.74) is 19.3. The number of hydrogen-bond donors (Lipinski definition) is 0. The topological polar surface area (TPSA) is 49.0 Å². The lowest BCUT2D eigenvalue weighted by atomic mass is 9.96. The molecule has 0 saturated carbocycles. The van der Waals surface area contributed by atoms with E-state index in [1.54, 1.807) is 0 Å². The van der Waals surface area contributed by atoms with E-state index in [1.807, 2.05) is 24.5 Å². The Balaban J connectivity index is 0.771. The molecule has 5 heteroatoms. The zero-order valence-corrected chi connectivity index (χ0v) is 37.7. The van der Waals surface area contributed by atoms with E-state index in [0.29, 0.717) is 0 Å². The fourth-order valence-corrected chi connectivity index (χ4v) is 11.2. The maximum Gasteiger partial charge on any atom is 0.145 e. The number of rotatable bonds is 6. The molecular weight excluding hydrogens is 855 g/mol. The summed E-state index contributed by atoms with van der Waals surface area (Å²) in [7, 11) is 0. The SMILES string of the molecule is c1cc(-c2cncc(-c3cccc(-c4cccc(-n5c6ccccc6c6c7oc8ccccc8c7ccc65)c4)c3)c2)cc(-c2cccc(-n3c4ccccc4c4c5oc6ccccc6c5ccc43)c2)c1. The van der Waals surface area contributed by atoms with Crippen LogP contribution >= 0.6 is 0 Å². The molecule has 5 heterocycles. The summed E-state index contributed by atoms with van der Waals surface area (Å²) >= 11 is 0. The molecule has 70 heavy (non-hydrogen) atoms. The van der Waals surface area contributed by atoms with Gasteiger partial charge in [0.15, 0.2) is 0 Å². The molecule has 5 nitrogen and oxygen atoms in total. The first-order valence-electron chi connectivity index (χ1n) is 23.7. The predicted molar refractivity (Wildman–Crippen MR) is 289 cm³/mol. The van der Waals surface area contributed by atoms with Crippen LogP contribution in [0.2, 0.25) is 0 Å². The molecule has 0 atom stereocenters. The minimum atomic E-state index is 0.905. The molecule has 15 rings (SSSR count). The predicted octanol–water partition coefficient (Wildman–Crippen LogP) is 17.7. The highest BCUT2D eigenvalue weighted by atomic mass is 16.3. The summed E-state index contributed by atoms with van der Waals surface area (Å²) in [6.45, 7) is 0. The van der Waals surface area contributed by atoms with Gasteiger partial charge in [0.25, 0.3) is 0 Å². The van der Waals surface area contributed by atoms with Gasteiger partial charge in [-0.1, -0.05) is 133 Å². The number of pyridine rings is 1. The van der Waals surface area contributed by atoms with E-state index in [9.17, 15) is 0 Å². The van der Waals surface area contributed by atoms with Crippen molar-refractivity contribution in [3.05, 3.63) is 237 Å². The Morgan fingerprint density at radius 1 is 0.271 bits per heavy atom. The Bertz CT molecular complexity index is 4330. The van der Waals surface area contributed by atoms with Gasteiger partial charge in [0.2, 0.25) is 0 Å². The molecule has 0 fully saturated rings. The van der Waals surface area contributed by atoms with Gasteiger partial charge in [-0.15, -0.1) is 0 Å². The van der Waals surface area contributed by atoms with E-state index in [2.05, 4.69) is 221 Å². The largest absolute Gasteiger partial charge is 0.455 e. The Labute approximate surface area is 401 Å². The van der Waals surface area contributed by atoms with Crippen LogP contribution in [0.15, 0.2) is 246 Å². The number of aromatic nitrogens is 3. The van der Waals surface area contributed by atoms with Crippen molar-refractivity contribution in [1.29, 1.82) is 0 Å².